The number of nitrogens with zero attached hydrogens (tertiary/aromatic N) is 2. The number of thiazole rings is 1. The summed E-state index contributed by atoms with van der Waals surface area (Å²) in [4.78, 5) is 19.8. The molecule has 1 aromatic carbocycles. The van der Waals surface area contributed by atoms with Gasteiger partial charge in [-0.2, -0.15) is 0 Å². The van der Waals surface area contributed by atoms with Crippen molar-refractivity contribution in [2.24, 2.45) is 0 Å². The van der Waals surface area contributed by atoms with Gasteiger partial charge < -0.3 is 4.90 Å². The Morgan fingerprint density at radius 3 is 2.63 bits per heavy atom. The fourth-order valence-electron chi connectivity index (χ4n) is 3.19. The van der Waals surface area contributed by atoms with Crippen molar-refractivity contribution < 1.29 is 13.2 Å². The van der Waals surface area contributed by atoms with E-state index in [2.05, 4.69) is 4.98 Å². The Balaban J connectivity index is 1.53. The van der Waals surface area contributed by atoms with Gasteiger partial charge in [-0.1, -0.05) is 36.4 Å². The van der Waals surface area contributed by atoms with Crippen molar-refractivity contribution in [1.82, 2.24) is 9.88 Å². The second-order valence-electron chi connectivity index (χ2n) is 6.36. The summed E-state index contributed by atoms with van der Waals surface area (Å²) in [5.74, 6) is -0.206. The van der Waals surface area contributed by atoms with E-state index in [0.29, 0.717) is 18.0 Å². The number of benzene rings is 1. The van der Waals surface area contributed by atoms with Gasteiger partial charge >= 0.3 is 0 Å². The molecule has 3 heterocycles. The lowest BCUT2D eigenvalue weighted by atomic mass is 10.2. The molecule has 0 aliphatic carbocycles. The molecule has 1 amide bonds. The number of carbonyl (C=O) groups is 1. The van der Waals surface area contributed by atoms with Crippen LogP contribution in [-0.4, -0.2) is 43.1 Å². The lowest BCUT2D eigenvalue weighted by Crippen LogP contribution is -2.33. The SMILES string of the molecule is O=C(c1nc(-c2ccccc2)cs1)N1CCC(c2cccs2)S(=O)(=O)CC1. The number of amides is 1. The van der Waals surface area contributed by atoms with Gasteiger partial charge in [0.1, 0.15) is 0 Å². The summed E-state index contributed by atoms with van der Waals surface area (Å²) in [6.07, 6.45) is 0.422. The molecular weight excluding hydrogens is 400 g/mol. The first-order valence-corrected chi connectivity index (χ1v) is 12.1. The second-order valence-corrected chi connectivity index (χ2v) is 10.5. The van der Waals surface area contributed by atoms with Crippen molar-refractivity contribution in [3.63, 3.8) is 0 Å². The van der Waals surface area contributed by atoms with Crippen molar-refractivity contribution in [3.8, 4) is 11.3 Å². The average Bonchev–Trinajstić information content (AvgIpc) is 3.34. The summed E-state index contributed by atoms with van der Waals surface area (Å²) in [6, 6.07) is 13.4. The highest BCUT2D eigenvalue weighted by molar-refractivity contribution is 7.91. The third kappa shape index (κ3) is 3.83. The monoisotopic (exact) mass is 418 g/mol. The summed E-state index contributed by atoms with van der Waals surface area (Å²) < 4.78 is 25.3. The minimum atomic E-state index is -3.27. The van der Waals surface area contributed by atoms with Crippen molar-refractivity contribution >= 4 is 38.4 Å². The Morgan fingerprint density at radius 2 is 1.89 bits per heavy atom. The van der Waals surface area contributed by atoms with Crippen LogP contribution in [0.2, 0.25) is 0 Å². The Bertz CT molecular complexity index is 1030. The number of carbonyl (C=O) groups excluding carboxylic acids is 1. The third-order valence-corrected chi connectivity index (χ3v) is 8.72. The minimum Gasteiger partial charge on any atom is -0.336 e. The molecule has 1 unspecified atom stereocenters. The molecule has 1 saturated heterocycles. The first kappa shape index (κ1) is 18.3. The zero-order chi connectivity index (χ0) is 18.9. The Morgan fingerprint density at radius 1 is 1.07 bits per heavy atom. The quantitative estimate of drug-likeness (QED) is 0.647. The van der Waals surface area contributed by atoms with Gasteiger partial charge in [0.25, 0.3) is 5.91 Å². The molecule has 5 nitrogen and oxygen atoms in total. The number of rotatable bonds is 3. The maximum absolute atomic E-state index is 12.9. The van der Waals surface area contributed by atoms with Crippen molar-refractivity contribution in [3.05, 3.63) is 63.1 Å². The zero-order valence-corrected chi connectivity index (χ0v) is 16.9. The van der Waals surface area contributed by atoms with Gasteiger partial charge in [0.15, 0.2) is 14.8 Å². The summed E-state index contributed by atoms with van der Waals surface area (Å²) >= 11 is 2.76. The van der Waals surface area contributed by atoms with E-state index in [1.807, 2.05) is 53.2 Å². The Kier molecular flexibility index (Phi) is 5.12. The van der Waals surface area contributed by atoms with Crippen molar-refractivity contribution in [2.45, 2.75) is 11.7 Å². The van der Waals surface area contributed by atoms with Crippen LogP contribution in [-0.2, 0) is 9.84 Å². The fourth-order valence-corrected chi connectivity index (χ4v) is 6.99. The van der Waals surface area contributed by atoms with E-state index in [4.69, 9.17) is 0 Å². The molecule has 2 aromatic heterocycles. The van der Waals surface area contributed by atoms with Crippen LogP contribution in [0.15, 0.2) is 53.2 Å². The molecule has 1 atom stereocenters. The molecule has 0 radical (unpaired) electrons. The van der Waals surface area contributed by atoms with Crippen molar-refractivity contribution in [1.29, 1.82) is 0 Å². The van der Waals surface area contributed by atoms with E-state index >= 15 is 0 Å². The number of sulfone groups is 1. The minimum absolute atomic E-state index is 0.0157. The van der Waals surface area contributed by atoms with Crippen LogP contribution in [0.1, 0.15) is 26.4 Å². The molecule has 0 saturated carbocycles. The smallest absolute Gasteiger partial charge is 0.282 e. The Hall–Kier alpha value is -2.03. The molecule has 1 aliphatic heterocycles. The molecule has 140 valence electrons. The highest BCUT2D eigenvalue weighted by Gasteiger charge is 2.34. The van der Waals surface area contributed by atoms with E-state index in [-0.39, 0.29) is 18.2 Å². The first-order chi connectivity index (χ1) is 13.0. The number of hydrogen-bond donors (Lipinski definition) is 0. The molecule has 4 rings (SSSR count). The van der Waals surface area contributed by atoms with E-state index < -0.39 is 15.1 Å². The zero-order valence-electron chi connectivity index (χ0n) is 14.4. The van der Waals surface area contributed by atoms with Gasteiger partial charge in [-0.05, 0) is 17.9 Å². The van der Waals surface area contributed by atoms with Crippen LogP contribution in [0.25, 0.3) is 11.3 Å². The fraction of sp³-hybridized carbons (Fsp3) is 0.263. The topological polar surface area (TPSA) is 67.3 Å². The number of hydrogen-bond acceptors (Lipinski definition) is 6. The van der Waals surface area contributed by atoms with Crippen LogP contribution in [0.4, 0.5) is 0 Å². The molecule has 3 aromatic rings. The molecule has 8 heteroatoms. The predicted molar refractivity (Wildman–Crippen MR) is 109 cm³/mol. The highest BCUT2D eigenvalue weighted by atomic mass is 32.2. The van der Waals surface area contributed by atoms with Crippen molar-refractivity contribution in [2.75, 3.05) is 18.8 Å². The largest absolute Gasteiger partial charge is 0.336 e. The van der Waals surface area contributed by atoms with Gasteiger partial charge in [0, 0.05) is 28.9 Å². The molecule has 1 aliphatic rings. The van der Waals surface area contributed by atoms with Crippen LogP contribution in [0.3, 0.4) is 0 Å². The third-order valence-electron chi connectivity index (χ3n) is 4.64. The summed E-state index contributed by atoms with van der Waals surface area (Å²) in [7, 11) is -3.27. The highest BCUT2D eigenvalue weighted by Crippen LogP contribution is 2.33. The predicted octanol–water partition coefficient (Wildman–Crippen LogP) is 3.87. The van der Waals surface area contributed by atoms with E-state index in [0.717, 1.165) is 16.1 Å². The van der Waals surface area contributed by atoms with E-state index in [9.17, 15) is 13.2 Å². The van der Waals surface area contributed by atoms with Gasteiger partial charge in [0.2, 0.25) is 0 Å². The summed E-state index contributed by atoms with van der Waals surface area (Å²) in [5.41, 5.74) is 1.73. The van der Waals surface area contributed by atoms with E-state index in [1.54, 1.807) is 4.90 Å². The molecule has 0 spiro atoms. The van der Waals surface area contributed by atoms with Crippen LogP contribution in [0.5, 0.6) is 0 Å². The standard InChI is InChI=1S/C19H18N2O3S3/c22-19(18-20-15(13-26-18)14-5-2-1-3-6-14)21-9-8-17(16-7-4-11-25-16)27(23,24)12-10-21/h1-7,11,13,17H,8-10,12H2. The van der Waals surface area contributed by atoms with Gasteiger partial charge in [-0.3, -0.25) is 4.79 Å². The maximum atomic E-state index is 12.9. The molecule has 27 heavy (non-hydrogen) atoms. The number of aromatic nitrogens is 1. The summed E-state index contributed by atoms with van der Waals surface area (Å²) in [5, 5.41) is 3.64. The van der Waals surface area contributed by atoms with Crippen LogP contribution >= 0.6 is 22.7 Å². The van der Waals surface area contributed by atoms with Gasteiger partial charge in [-0.15, -0.1) is 22.7 Å². The molecule has 1 fully saturated rings. The van der Waals surface area contributed by atoms with Gasteiger partial charge in [-0.25, -0.2) is 13.4 Å². The van der Waals surface area contributed by atoms with E-state index in [1.165, 1.54) is 22.7 Å². The van der Waals surface area contributed by atoms with Gasteiger partial charge in [0.05, 0.1) is 16.7 Å². The second kappa shape index (κ2) is 7.53. The normalized spacial score (nSPS) is 19.6. The lowest BCUT2D eigenvalue weighted by molar-refractivity contribution is 0.0766. The van der Waals surface area contributed by atoms with Crippen LogP contribution < -0.4 is 0 Å². The molecule has 0 N–H and O–H groups in total. The Labute approximate surface area is 166 Å². The van der Waals surface area contributed by atoms with Crippen LogP contribution in [0, 0.1) is 0 Å². The summed E-state index contributed by atoms with van der Waals surface area (Å²) in [6.45, 7) is 0.629. The number of thiophene rings is 1. The maximum Gasteiger partial charge on any atom is 0.282 e. The molecular formula is C19H18N2O3S3. The lowest BCUT2D eigenvalue weighted by Gasteiger charge is -2.18. The molecule has 0 bridgehead atoms. The first-order valence-electron chi connectivity index (χ1n) is 8.60. The average molecular weight is 419 g/mol.